The molecule has 0 saturated carbocycles. The highest BCUT2D eigenvalue weighted by Crippen LogP contribution is 2.51. The molecule has 28 heavy (non-hydrogen) atoms. The lowest BCUT2D eigenvalue weighted by atomic mass is 9.94. The van der Waals surface area contributed by atoms with Gasteiger partial charge in [-0.3, -0.25) is 4.79 Å². The van der Waals surface area contributed by atoms with E-state index in [1.807, 2.05) is 60.3 Å². The third kappa shape index (κ3) is 2.93. The average Bonchev–Trinajstić information content (AvgIpc) is 3.08. The Kier molecular flexibility index (Phi) is 4.46. The number of carbonyl (C=O) groups is 1. The second kappa shape index (κ2) is 7.12. The largest absolute Gasteiger partial charge is 0.390 e. The lowest BCUT2D eigenvalue weighted by molar-refractivity contribution is 0.104. The summed E-state index contributed by atoms with van der Waals surface area (Å²) in [5, 5.41) is 3.13. The summed E-state index contributed by atoms with van der Waals surface area (Å²) in [6.07, 6.45) is 1.91. The molecule has 0 bridgehead atoms. The van der Waals surface area contributed by atoms with Crippen LogP contribution in [-0.4, -0.2) is 5.78 Å². The van der Waals surface area contributed by atoms with Gasteiger partial charge in [0.1, 0.15) is 0 Å². The summed E-state index contributed by atoms with van der Waals surface area (Å²) in [7, 11) is 0. The van der Waals surface area contributed by atoms with Crippen LogP contribution in [0.5, 0.6) is 0 Å². The number of anilines is 1. The first-order chi connectivity index (χ1) is 13.7. The Labute approximate surface area is 172 Å². The number of benzene rings is 3. The molecule has 1 aliphatic rings. The van der Waals surface area contributed by atoms with Crippen molar-refractivity contribution in [2.75, 3.05) is 5.73 Å². The quantitative estimate of drug-likeness (QED) is 0.399. The maximum Gasteiger partial charge on any atom is 0.196 e. The van der Waals surface area contributed by atoms with Crippen LogP contribution in [0.3, 0.4) is 0 Å². The maximum absolute atomic E-state index is 13.5. The highest BCUT2D eigenvalue weighted by atomic mass is 32.2. The van der Waals surface area contributed by atoms with Gasteiger partial charge in [-0.1, -0.05) is 72.8 Å². The predicted octanol–water partition coefficient (Wildman–Crippen LogP) is 6.49. The van der Waals surface area contributed by atoms with Crippen LogP contribution in [-0.2, 0) is 6.42 Å². The van der Waals surface area contributed by atoms with E-state index in [9.17, 15) is 4.79 Å². The summed E-state index contributed by atoms with van der Waals surface area (Å²) < 4.78 is 1.20. The molecular weight excluding hydrogens is 382 g/mol. The molecule has 0 aliphatic carbocycles. The Hall–Kier alpha value is -2.56. The van der Waals surface area contributed by atoms with Gasteiger partial charge in [-0.05, 0) is 34.7 Å². The Bertz CT molecular complexity index is 1170. The number of carbonyl (C=O) groups excluding carboxylic acids is 1. The van der Waals surface area contributed by atoms with Crippen molar-refractivity contribution in [3.63, 3.8) is 0 Å². The first-order valence-electron chi connectivity index (χ1n) is 9.37. The van der Waals surface area contributed by atoms with Crippen molar-refractivity contribution in [2.45, 2.75) is 22.3 Å². The summed E-state index contributed by atoms with van der Waals surface area (Å²) in [4.78, 5) is 13.5. The van der Waals surface area contributed by atoms with E-state index >= 15 is 0 Å². The van der Waals surface area contributed by atoms with Gasteiger partial charge in [0, 0.05) is 10.8 Å². The number of nitrogens with two attached hydrogens (primary N) is 1. The van der Waals surface area contributed by atoms with Crippen LogP contribution in [0.1, 0.15) is 38.7 Å². The first kappa shape index (κ1) is 17.5. The molecule has 4 aromatic rings. The van der Waals surface area contributed by atoms with Crippen LogP contribution in [0.4, 0.5) is 5.00 Å². The number of thioether (sulfide) groups is 1. The second-order valence-electron chi connectivity index (χ2n) is 7.02. The Morgan fingerprint density at radius 2 is 1.68 bits per heavy atom. The number of thiophene rings is 1. The van der Waals surface area contributed by atoms with Crippen LogP contribution < -0.4 is 5.73 Å². The Balaban J connectivity index is 1.54. The van der Waals surface area contributed by atoms with Crippen molar-refractivity contribution in [3.05, 3.63) is 95.1 Å². The molecule has 3 aromatic carbocycles. The minimum Gasteiger partial charge on any atom is -0.390 e. The van der Waals surface area contributed by atoms with Gasteiger partial charge in [0.15, 0.2) is 5.78 Å². The molecule has 4 heteroatoms. The first-order valence-corrected chi connectivity index (χ1v) is 11.1. The maximum atomic E-state index is 13.5. The van der Waals surface area contributed by atoms with E-state index in [1.165, 1.54) is 9.77 Å². The number of nitrogen functional groups attached to an aromatic ring is 1. The fraction of sp³-hybridized carbons (Fsp3) is 0.125. The fourth-order valence-corrected chi connectivity index (χ4v) is 6.75. The van der Waals surface area contributed by atoms with Crippen molar-refractivity contribution in [1.82, 2.24) is 0 Å². The Morgan fingerprint density at radius 1 is 0.929 bits per heavy atom. The molecule has 5 rings (SSSR count). The number of hydrogen-bond donors (Lipinski definition) is 1. The number of fused-ring (bicyclic) bond motifs is 2. The third-order valence-electron chi connectivity index (χ3n) is 5.34. The smallest absolute Gasteiger partial charge is 0.196 e. The van der Waals surface area contributed by atoms with Gasteiger partial charge in [-0.25, -0.2) is 0 Å². The monoisotopic (exact) mass is 401 g/mol. The van der Waals surface area contributed by atoms with E-state index in [-0.39, 0.29) is 5.78 Å². The van der Waals surface area contributed by atoms with Crippen LogP contribution in [0.15, 0.2) is 77.0 Å². The number of rotatable bonds is 3. The van der Waals surface area contributed by atoms with Crippen LogP contribution in [0, 0.1) is 0 Å². The van der Waals surface area contributed by atoms with E-state index in [2.05, 4.69) is 24.3 Å². The van der Waals surface area contributed by atoms with Gasteiger partial charge >= 0.3 is 0 Å². The van der Waals surface area contributed by atoms with Gasteiger partial charge in [0.2, 0.25) is 0 Å². The predicted molar refractivity (Wildman–Crippen MR) is 119 cm³/mol. The summed E-state index contributed by atoms with van der Waals surface area (Å²) in [5.41, 5.74) is 10.3. The molecule has 0 saturated heterocycles. The van der Waals surface area contributed by atoms with Gasteiger partial charge < -0.3 is 5.73 Å². The molecule has 2 nitrogen and oxygen atoms in total. The van der Waals surface area contributed by atoms with E-state index in [4.69, 9.17) is 5.73 Å². The molecule has 2 heterocycles. The van der Waals surface area contributed by atoms with Crippen LogP contribution in [0.2, 0.25) is 0 Å². The summed E-state index contributed by atoms with van der Waals surface area (Å²) in [5.74, 6) is 0.0468. The van der Waals surface area contributed by atoms with Crippen LogP contribution in [0.25, 0.3) is 10.8 Å². The molecule has 138 valence electrons. The molecule has 0 fully saturated rings. The van der Waals surface area contributed by atoms with Crippen LogP contribution >= 0.6 is 23.1 Å². The average molecular weight is 402 g/mol. The normalized spacial score (nSPS) is 16.1. The zero-order chi connectivity index (χ0) is 19.1. The van der Waals surface area contributed by atoms with E-state index in [1.54, 1.807) is 11.3 Å². The third-order valence-corrected chi connectivity index (χ3v) is 7.98. The molecule has 0 spiro atoms. The number of hydrogen-bond acceptors (Lipinski definition) is 4. The zero-order valence-corrected chi connectivity index (χ0v) is 16.9. The van der Waals surface area contributed by atoms with Gasteiger partial charge in [-0.2, -0.15) is 0 Å². The minimum atomic E-state index is 0.0468. The van der Waals surface area contributed by atoms with Gasteiger partial charge in [-0.15, -0.1) is 23.1 Å². The van der Waals surface area contributed by atoms with Crippen molar-refractivity contribution >= 4 is 44.7 Å². The standard InChI is InChI=1S/C24H19NOS2/c25-23-21(22(26)18-12-6-10-15-7-4-5-11-17(15)18)19-13-14-20(27-24(19)28-23)16-8-2-1-3-9-16/h1-12,20H,13-14,25H2. The molecule has 1 aromatic heterocycles. The summed E-state index contributed by atoms with van der Waals surface area (Å²) >= 11 is 3.41. The molecule has 1 aliphatic heterocycles. The Morgan fingerprint density at radius 3 is 2.54 bits per heavy atom. The van der Waals surface area contributed by atoms with Gasteiger partial charge in [0.05, 0.1) is 14.8 Å². The summed E-state index contributed by atoms with van der Waals surface area (Å²) in [6, 6.07) is 24.5. The lowest BCUT2D eigenvalue weighted by Gasteiger charge is -2.22. The van der Waals surface area contributed by atoms with Crippen molar-refractivity contribution < 1.29 is 4.79 Å². The summed E-state index contributed by atoms with van der Waals surface area (Å²) in [6.45, 7) is 0. The lowest BCUT2D eigenvalue weighted by Crippen LogP contribution is -2.10. The SMILES string of the molecule is Nc1sc2c(c1C(=O)c1cccc3ccccc13)CCC(c1ccccc1)S2. The minimum absolute atomic E-state index is 0.0468. The van der Waals surface area contributed by atoms with E-state index in [0.29, 0.717) is 10.3 Å². The van der Waals surface area contributed by atoms with Crippen molar-refractivity contribution in [1.29, 1.82) is 0 Å². The zero-order valence-electron chi connectivity index (χ0n) is 15.2. The highest BCUT2D eigenvalue weighted by molar-refractivity contribution is 8.01. The molecule has 1 unspecified atom stereocenters. The number of ketones is 1. The van der Waals surface area contributed by atoms with Gasteiger partial charge in [0.25, 0.3) is 0 Å². The second-order valence-corrected chi connectivity index (χ2v) is 9.54. The molecule has 2 N–H and O–H groups in total. The molecule has 1 atom stereocenters. The highest BCUT2D eigenvalue weighted by Gasteiger charge is 2.30. The van der Waals surface area contributed by atoms with E-state index < -0.39 is 0 Å². The topological polar surface area (TPSA) is 43.1 Å². The molecule has 0 radical (unpaired) electrons. The van der Waals surface area contributed by atoms with E-state index in [0.717, 1.165) is 40.3 Å². The molecule has 0 amide bonds. The van der Waals surface area contributed by atoms with Crippen molar-refractivity contribution in [2.24, 2.45) is 0 Å². The fourth-order valence-electron chi connectivity index (χ4n) is 3.96. The van der Waals surface area contributed by atoms with Crippen molar-refractivity contribution in [3.8, 4) is 0 Å². The molecular formula is C24H19NOS2.